The highest BCUT2D eigenvalue weighted by Gasteiger charge is 2.32. The second-order valence-corrected chi connectivity index (χ2v) is 9.52. The van der Waals surface area contributed by atoms with Crippen molar-refractivity contribution in [2.45, 2.75) is 42.6 Å². The molecule has 0 aliphatic heterocycles. The second-order valence-electron chi connectivity index (χ2n) is 8.45. The Kier molecular flexibility index (Phi) is 6.26. The van der Waals surface area contributed by atoms with Gasteiger partial charge in [0.25, 0.3) is 0 Å². The number of carbonyl (C=O) groups is 1. The van der Waals surface area contributed by atoms with Gasteiger partial charge in [0.1, 0.15) is 11.1 Å². The predicted octanol–water partition coefficient (Wildman–Crippen LogP) is 5.98. The molecule has 1 amide bonds. The van der Waals surface area contributed by atoms with Crippen LogP contribution in [0, 0.1) is 6.92 Å². The quantitative estimate of drug-likeness (QED) is 0.333. The number of rotatable bonds is 8. The maximum absolute atomic E-state index is 13.4. The van der Waals surface area contributed by atoms with Crippen molar-refractivity contribution >= 4 is 23.4 Å². The Balaban J connectivity index is 1.45. The molecular formula is C27H26N4OS. The number of aromatic nitrogens is 3. The molecule has 6 heteroatoms. The predicted molar refractivity (Wildman–Crippen MR) is 132 cm³/mol. The van der Waals surface area contributed by atoms with Crippen molar-refractivity contribution < 1.29 is 4.79 Å². The summed E-state index contributed by atoms with van der Waals surface area (Å²) in [4.78, 5) is 13.4. The summed E-state index contributed by atoms with van der Waals surface area (Å²) in [6.07, 6.45) is 2.29. The number of hydrogen-bond donors (Lipinski definition) is 1. The summed E-state index contributed by atoms with van der Waals surface area (Å²) < 4.78 is 2.19. The molecule has 0 bridgehead atoms. The van der Waals surface area contributed by atoms with E-state index in [1.807, 2.05) is 79.7 Å². The van der Waals surface area contributed by atoms with Gasteiger partial charge in [0, 0.05) is 11.6 Å². The van der Waals surface area contributed by atoms with Crippen LogP contribution in [0.4, 0.5) is 5.69 Å². The fraction of sp³-hybridized carbons (Fsp3) is 0.222. The molecule has 3 aromatic carbocycles. The number of benzene rings is 3. The Morgan fingerprint density at radius 1 is 0.970 bits per heavy atom. The van der Waals surface area contributed by atoms with E-state index in [0.29, 0.717) is 12.5 Å². The average Bonchev–Trinajstić information content (AvgIpc) is 3.62. The minimum atomic E-state index is -0.446. The highest BCUT2D eigenvalue weighted by Crippen LogP contribution is 2.42. The van der Waals surface area contributed by atoms with Crippen LogP contribution in [0.15, 0.2) is 90.1 Å². The summed E-state index contributed by atoms with van der Waals surface area (Å²) in [6, 6.07) is 28.1. The molecule has 0 unspecified atom stereocenters. The van der Waals surface area contributed by atoms with E-state index < -0.39 is 5.25 Å². The lowest BCUT2D eigenvalue weighted by atomic mass is 10.1. The van der Waals surface area contributed by atoms with E-state index in [1.165, 1.54) is 17.3 Å². The number of aryl methyl sites for hydroxylation is 1. The third kappa shape index (κ3) is 5.17. The van der Waals surface area contributed by atoms with Crippen molar-refractivity contribution in [1.29, 1.82) is 0 Å². The maximum atomic E-state index is 13.4. The van der Waals surface area contributed by atoms with Crippen LogP contribution in [-0.2, 0) is 11.3 Å². The summed E-state index contributed by atoms with van der Waals surface area (Å²) in [5.74, 6) is 1.41. The number of thioether (sulfide) groups is 1. The zero-order valence-corrected chi connectivity index (χ0v) is 19.3. The molecule has 1 saturated carbocycles. The summed E-state index contributed by atoms with van der Waals surface area (Å²) in [6.45, 7) is 2.73. The van der Waals surface area contributed by atoms with E-state index >= 15 is 0 Å². The van der Waals surface area contributed by atoms with Crippen molar-refractivity contribution in [1.82, 2.24) is 14.8 Å². The van der Waals surface area contributed by atoms with Gasteiger partial charge in [0.2, 0.25) is 5.91 Å². The topological polar surface area (TPSA) is 59.8 Å². The monoisotopic (exact) mass is 454 g/mol. The van der Waals surface area contributed by atoms with Crippen molar-refractivity contribution in [2.75, 3.05) is 5.32 Å². The highest BCUT2D eigenvalue weighted by molar-refractivity contribution is 8.00. The number of anilines is 1. The van der Waals surface area contributed by atoms with Crippen LogP contribution in [0.25, 0.3) is 0 Å². The third-order valence-corrected chi connectivity index (χ3v) is 6.99. The number of amides is 1. The summed E-state index contributed by atoms with van der Waals surface area (Å²) in [7, 11) is 0. The van der Waals surface area contributed by atoms with Crippen molar-refractivity contribution in [3.8, 4) is 0 Å². The molecule has 5 nitrogen and oxygen atoms in total. The number of nitrogens with one attached hydrogen (secondary N) is 1. The van der Waals surface area contributed by atoms with Gasteiger partial charge < -0.3 is 9.88 Å². The van der Waals surface area contributed by atoms with Crippen LogP contribution in [0.2, 0.25) is 0 Å². The first-order valence-corrected chi connectivity index (χ1v) is 12.1. The van der Waals surface area contributed by atoms with Crippen LogP contribution >= 0.6 is 11.8 Å². The molecule has 1 atom stereocenters. The van der Waals surface area contributed by atoms with Crippen LogP contribution in [0.1, 0.15) is 46.5 Å². The average molecular weight is 455 g/mol. The van der Waals surface area contributed by atoms with Crippen LogP contribution in [-0.4, -0.2) is 20.7 Å². The Hall–Kier alpha value is -3.38. The number of hydrogen-bond acceptors (Lipinski definition) is 4. The van der Waals surface area contributed by atoms with Gasteiger partial charge in [-0.15, -0.1) is 10.2 Å². The molecule has 166 valence electrons. The van der Waals surface area contributed by atoms with Gasteiger partial charge in [0.15, 0.2) is 5.16 Å². The Morgan fingerprint density at radius 2 is 1.64 bits per heavy atom. The third-order valence-electron chi connectivity index (χ3n) is 5.75. The van der Waals surface area contributed by atoms with E-state index in [-0.39, 0.29) is 5.91 Å². The molecule has 0 radical (unpaired) electrons. The molecular weight excluding hydrogens is 428 g/mol. The highest BCUT2D eigenvalue weighted by atomic mass is 32.2. The fourth-order valence-corrected chi connectivity index (χ4v) is 4.84. The van der Waals surface area contributed by atoms with Gasteiger partial charge in [-0.3, -0.25) is 4.79 Å². The van der Waals surface area contributed by atoms with E-state index in [9.17, 15) is 4.79 Å². The number of carbonyl (C=O) groups excluding carboxylic acids is 1. The molecule has 0 spiro atoms. The smallest absolute Gasteiger partial charge is 0.242 e. The Bertz CT molecular complexity index is 1220. The minimum Gasteiger partial charge on any atom is -0.325 e. The molecule has 1 N–H and O–H groups in total. The first-order chi connectivity index (χ1) is 16.2. The molecule has 1 aliphatic rings. The molecule has 1 heterocycles. The zero-order chi connectivity index (χ0) is 22.6. The van der Waals surface area contributed by atoms with Crippen molar-refractivity contribution in [2.24, 2.45) is 0 Å². The summed E-state index contributed by atoms with van der Waals surface area (Å²) in [5.41, 5.74) is 4.08. The standard InChI is InChI=1S/C27H26N4OS/c1-19-12-16-23(17-13-19)28-26(32)24(21-10-6-3-7-11-21)33-27-30-29-25(22-14-15-22)31(27)18-20-8-4-2-5-9-20/h2-13,16-17,22,24H,14-15,18H2,1H3,(H,28,32)/t24-/m0/s1. The van der Waals surface area contributed by atoms with Crippen LogP contribution in [0.3, 0.4) is 0 Å². The van der Waals surface area contributed by atoms with E-state index in [1.54, 1.807) is 0 Å². The van der Waals surface area contributed by atoms with Gasteiger partial charge in [-0.1, -0.05) is 90.1 Å². The van der Waals surface area contributed by atoms with E-state index in [4.69, 9.17) is 0 Å². The molecule has 1 aliphatic carbocycles. The van der Waals surface area contributed by atoms with E-state index in [0.717, 1.165) is 40.6 Å². The van der Waals surface area contributed by atoms with Gasteiger partial charge in [-0.05, 0) is 43.0 Å². The van der Waals surface area contributed by atoms with Gasteiger partial charge in [-0.2, -0.15) is 0 Å². The van der Waals surface area contributed by atoms with Gasteiger partial charge in [-0.25, -0.2) is 0 Å². The summed E-state index contributed by atoms with van der Waals surface area (Å²) >= 11 is 1.46. The molecule has 4 aromatic rings. The van der Waals surface area contributed by atoms with Gasteiger partial charge >= 0.3 is 0 Å². The van der Waals surface area contributed by atoms with Crippen molar-refractivity contribution in [3.63, 3.8) is 0 Å². The lowest BCUT2D eigenvalue weighted by molar-refractivity contribution is -0.115. The molecule has 0 saturated heterocycles. The second kappa shape index (κ2) is 9.63. The minimum absolute atomic E-state index is 0.0720. The first-order valence-electron chi connectivity index (χ1n) is 11.2. The normalized spacial score (nSPS) is 14.1. The lowest BCUT2D eigenvalue weighted by Crippen LogP contribution is -2.19. The van der Waals surface area contributed by atoms with Crippen LogP contribution in [0.5, 0.6) is 0 Å². The molecule has 5 rings (SSSR count). The number of nitrogens with zero attached hydrogens (tertiary/aromatic N) is 3. The van der Waals surface area contributed by atoms with Crippen LogP contribution < -0.4 is 5.32 Å². The largest absolute Gasteiger partial charge is 0.325 e. The molecule has 1 aromatic heterocycles. The maximum Gasteiger partial charge on any atom is 0.242 e. The lowest BCUT2D eigenvalue weighted by Gasteiger charge is -2.18. The van der Waals surface area contributed by atoms with Crippen molar-refractivity contribution in [3.05, 3.63) is 107 Å². The van der Waals surface area contributed by atoms with E-state index in [2.05, 4.69) is 32.2 Å². The fourth-order valence-electron chi connectivity index (χ4n) is 3.80. The Morgan fingerprint density at radius 3 is 2.30 bits per heavy atom. The SMILES string of the molecule is Cc1ccc(NC(=O)[C@@H](Sc2nnc(C3CC3)n2Cc2ccccc2)c2ccccc2)cc1. The Labute approximate surface area is 198 Å². The first kappa shape index (κ1) is 21.5. The molecule has 33 heavy (non-hydrogen) atoms. The molecule has 1 fully saturated rings. The van der Waals surface area contributed by atoms with Gasteiger partial charge in [0.05, 0.1) is 6.54 Å². The zero-order valence-electron chi connectivity index (χ0n) is 18.5. The summed E-state index contributed by atoms with van der Waals surface area (Å²) in [5, 5.41) is 12.5.